The standard InChI is InChI=1S/C49H29N5S.C40H24N4S.C37H22N4S/c1-5-15-39-30(11-1)27-47-52(44-19-9-10-20-45(44)53(39)47)32-22-24-46-38(29-32)36-25-26-50-49(48(36)55-46)54-42-18-8-4-14-35(42)37-28-31(21-23-43(37)54)51-40-16-6-2-12-33(40)34-13-3-7-17-41(34)51;1-3-11-31-25(9-1)21-39-41(33-13-5-7-15-35(33)43(31)39)27-17-19-37-29(23-27)30-24-28(18-20-38(30)45-37)42-34-14-6-8-16-36(34)44-32-12-4-2-10-26(32)22-40(42)44;1-4-12-30-23(9-1)19-36-40(33-15-7-8-16-34(33)41(30)36)24-17-18-35-28(20-24)29-21-25(22-38-37(29)42-35)39-31-13-5-2-10-26(31)27-11-3-6-14-32(27)39/h1-29H;1-24H;1-22H. The Morgan fingerprint density at radius 1 is 0.162 bits per heavy atom. The minimum absolute atomic E-state index is 0.961. The summed E-state index contributed by atoms with van der Waals surface area (Å²) >= 11 is 5.45. The third-order valence-corrected chi connectivity index (χ3v) is 33.2. The second-order valence-electron chi connectivity index (χ2n) is 37.3. The zero-order valence-corrected chi connectivity index (χ0v) is 78.3. The molecule has 0 aliphatic rings. The van der Waals surface area contributed by atoms with Gasteiger partial charge < -0.3 is 9.13 Å². The van der Waals surface area contributed by atoms with Crippen LogP contribution in [0, 0.1) is 0 Å². The number of hydrogen-bond donors (Lipinski definition) is 0. The number of thiophene rings is 3. The van der Waals surface area contributed by atoms with Crippen LogP contribution in [0.15, 0.2) is 455 Å². The molecule has 16 heterocycles. The highest BCUT2D eigenvalue weighted by Crippen LogP contribution is 2.48. The number of aromatic nitrogens is 13. The topological polar surface area (TPSA) is 77.9 Å². The van der Waals surface area contributed by atoms with Gasteiger partial charge in [-0.25, -0.2) is 9.97 Å². The normalized spacial score (nSPS) is 12.4. The third-order valence-electron chi connectivity index (χ3n) is 29.8. The van der Waals surface area contributed by atoms with E-state index in [0.717, 1.165) is 50.1 Å². The lowest BCUT2D eigenvalue weighted by Gasteiger charge is -2.10. The van der Waals surface area contributed by atoms with Gasteiger partial charge in [-0.2, -0.15) is 0 Å². The fourth-order valence-electron chi connectivity index (χ4n) is 23.8. The number of rotatable bonds is 7. The van der Waals surface area contributed by atoms with Crippen molar-refractivity contribution in [3.05, 3.63) is 455 Å². The summed E-state index contributed by atoms with van der Waals surface area (Å²) in [5, 5.41) is 19.9. The molecule has 142 heavy (non-hydrogen) atoms. The van der Waals surface area contributed by atoms with Crippen molar-refractivity contribution in [1.82, 2.24) is 59.5 Å². The van der Waals surface area contributed by atoms with Crippen molar-refractivity contribution in [3.8, 4) is 39.9 Å². The number of pyridine rings is 2. The summed E-state index contributed by atoms with van der Waals surface area (Å²) in [5.41, 5.74) is 33.2. The van der Waals surface area contributed by atoms with Crippen LogP contribution in [0.25, 0.3) is 276 Å². The fourth-order valence-corrected chi connectivity index (χ4v) is 27.0. The Morgan fingerprint density at radius 3 is 0.817 bits per heavy atom. The molecule has 34 rings (SSSR count). The maximum absolute atomic E-state index is 5.14. The van der Waals surface area contributed by atoms with Gasteiger partial charge in [-0.1, -0.05) is 212 Å². The SMILES string of the molecule is c1ccc2c(c1)cc1n(-c3ccc4sc5c(-n6c7ccccc7c7cc(-n8c9ccccc9c9ccccc98)ccc76)nccc5c4c3)c3ccccc3n21.c1ccc2c(c1)cc1n(-c3ccc4sc5ccc(-n6c7ccccc7n7c8ccccc8cc67)cc5c4c3)c3ccccc3n21.c1ccc2c(c1)cc1n(-c3ccc4sc5ncc(-n6c7ccccc7c7ccccc76)cc5c4c3)c3ccccc3n21. The molecule has 0 aliphatic heterocycles. The molecular weight excluding hydrogens is 1790 g/mol. The average Bonchev–Trinajstić information content (AvgIpc) is 1.57. The van der Waals surface area contributed by atoms with E-state index in [0.29, 0.717) is 0 Å². The van der Waals surface area contributed by atoms with E-state index in [4.69, 9.17) is 9.97 Å². The highest BCUT2D eigenvalue weighted by Gasteiger charge is 2.27. The molecule has 0 spiro atoms. The van der Waals surface area contributed by atoms with E-state index in [1.54, 1.807) is 11.3 Å². The molecule has 0 saturated heterocycles. The Balaban J connectivity index is 0.0000000968. The molecule has 0 atom stereocenters. The van der Waals surface area contributed by atoms with Crippen LogP contribution >= 0.6 is 34.0 Å². The molecule has 0 fully saturated rings. The minimum atomic E-state index is 0.961. The lowest BCUT2D eigenvalue weighted by Crippen LogP contribution is -1.98. The largest absolute Gasteiger partial charge is 0.309 e. The molecule has 0 aliphatic carbocycles. The quantitative estimate of drug-likeness (QED) is 0.159. The third kappa shape index (κ3) is 11.0. The van der Waals surface area contributed by atoms with Crippen molar-refractivity contribution in [2.75, 3.05) is 0 Å². The van der Waals surface area contributed by atoms with E-state index in [-0.39, 0.29) is 0 Å². The molecular formula is C126H75N13S3. The summed E-state index contributed by atoms with van der Waals surface area (Å²) in [6.45, 7) is 0. The Morgan fingerprint density at radius 2 is 0.430 bits per heavy atom. The molecule has 0 unspecified atom stereocenters. The van der Waals surface area contributed by atoms with Crippen molar-refractivity contribution in [1.29, 1.82) is 0 Å². The van der Waals surface area contributed by atoms with Gasteiger partial charge in [-0.05, 0) is 231 Å². The first-order valence-electron chi connectivity index (χ1n) is 48.1. The molecule has 34 aromatic rings. The smallest absolute Gasteiger partial charge is 0.155 e. The summed E-state index contributed by atoms with van der Waals surface area (Å²) in [6.07, 6.45) is 4.00. The Bertz CT molecular complexity index is 11100. The van der Waals surface area contributed by atoms with E-state index >= 15 is 0 Å². The van der Waals surface area contributed by atoms with Gasteiger partial charge in [0.2, 0.25) is 0 Å². The predicted octanol–water partition coefficient (Wildman–Crippen LogP) is 33.6. The second-order valence-corrected chi connectivity index (χ2v) is 40.4. The highest BCUT2D eigenvalue weighted by molar-refractivity contribution is 7.26. The van der Waals surface area contributed by atoms with Gasteiger partial charge in [-0.3, -0.25) is 40.4 Å². The van der Waals surface area contributed by atoms with Crippen LogP contribution in [0.5, 0.6) is 0 Å². The Hall–Kier alpha value is -18.3. The summed E-state index contributed by atoms with van der Waals surface area (Å²) < 4.78 is 32.6. The van der Waals surface area contributed by atoms with Gasteiger partial charge in [0, 0.05) is 140 Å². The number of benzene rings is 18. The van der Waals surface area contributed by atoms with Crippen molar-refractivity contribution in [3.63, 3.8) is 0 Å². The highest BCUT2D eigenvalue weighted by atomic mass is 32.1. The lowest BCUT2D eigenvalue weighted by molar-refractivity contribution is 1.10. The average molecular weight is 1870 g/mol. The maximum atomic E-state index is 5.14. The van der Waals surface area contributed by atoms with Crippen molar-refractivity contribution in [2.24, 2.45) is 0 Å². The zero-order valence-electron chi connectivity index (χ0n) is 75.8. The molecule has 13 nitrogen and oxygen atoms in total. The van der Waals surface area contributed by atoms with E-state index in [2.05, 4.69) is 492 Å². The van der Waals surface area contributed by atoms with E-state index in [9.17, 15) is 0 Å². The number of imidazole rings is 4. The molecule has 0 saturated carbocycles. The van der Waals surface area contributed by atoms with Crippen LogP contribution < -0.4 is 0 Å². The minimum Gasteiger partial charge on any atom is -0.309 e. The van der Waals surface area contributed by atoms with Gasteiger partial charge >= 0.3 is 0 Å². The summed E-state index contributed by atoms with van der Waals surface area (Å²) in [4.78, 5) is 11.2. The fraction of sp³-hybridized carbons (Fsp3) is 0. The summed E-state index contributed by atoms with van der Waals surface area (Å²) in [5.74, 6) is 0.961. The van der Waals surface area contributed by atoms with Gasteiger partial charge in [-0.15, -0.1) is 34.0 Å². The van der Waals surface area contributed by atoms with Gasteiger partial charge in [0.25, 0.3) is 0 Å². The zero-order chi connectivity index (χ0) is 92.4. The van der Waals surface area contributed by atoms with Gasteiger partial charge in [0.05, 0.1) is 116 Å². The molecule has 16 heteroatoms. The van der Waals surface area contributed by atoms with E-state index in [1.807, 2.05) is 35.1 Å². The maximum Gasteiger partial charge on any atom is 0.155 e. The number of hydrogen-bond acceptors (Lipinski definition) is 5. The van der Waals surface area contributed by atoms with Gasteiger partial charge in [0.1, 0.15) is 27.4 Å². The predicted molar refractivity (Wildman–Crippen MR) is 598 cm³/mol. The number of nitrogens with zero attached hydrogens (tertiary/aromatic N) is 13. The van der Waals surface area contributed by atoms with Crippen LogP contribution in [-0.2, 0) is 0 Å². The van der Waals surface area contributed by atoms with Crippen molar-refractivity contribution < 1.29 is 0 Å². The first kappa shape index (κ1) is 77.8. The Kier molecular flexibility index (Phi) is 16.2. The van der Waals surface area contributed by atoms with Crippen LogP contribution in [0.2, 0.25) is 0 Å². The Labute approximate surface area is 818 Å². The van der Waals surface area contributed by atoms with Crippen LogP contribution in [0.3, 0.4) is 0 Å². The molecule has 0 radical (unpaired) electrons. The first-order valence-corrected chi connectivity index (χ1v) is 50.5. The van der Waals surface area contributed by atoms with Crippen LogP contribution in [-0.4, -0.2) is 59.5 Å². The first-order chi connectivity index (χ1) is 70.4. The summed E-state index contributed by atoms with van der Waals surface area (Å²) in [7, 11) is 0. The van der Waals surface area contributed by atoms with E-state index < -0.39 is 0 Å². The molecule has 0 amide bonds. The molecule has 16 aromatic heterocycles. The van der Waals surface area contributed by atoms with Crippen molar-refractivity contribution >= 4 is 270 Å². The molecule has 0 bridgehead atoms. The molecule has 0 N–H and O–H groups in total. The number of fused-ring (bicyclic) bond motifs is 38. The second kappa shape index (κ2) is 29.6. The monoisotopic (exact) mass is 1870 g/mol. The van der Waals surface area contributed by atoms with Crippen LogP contribution in [0.1, 0.15) is 0 Å². The summed E-state index contributed by atoms with van der Waals surface area (Å²) in [6, 6.07) is 161. The molecule has 662 valence electrons. The molecule has 18 aromatic carbocycles. The lowest BCUT2D eigenvalue weighted by atomic mass is 10.1. The van der Waals surface area contributed by atoms with E-state index in [1.165, 1.54) is 226 Å². The van der Waals surface area contributed by atoms with Crippen molar-refractivity contribution in [2.45, 2.75) is 0 Å². The van der Waals surface area contributed by atoms with Gasteiger partial charge in [0.15, 0.2) is 5.82 Å². The van der Waals surface area contributed by atoms with Crippen LogP contribution in [0.4, 0.5) is 0 Å². The number of para-hydroxylation sites is 17.